The first-order chi connectivity index (χ1) is 8.16. The Labute approximate surface area is 101 Å². The van der Waals surface area contributed by atoms with Crippen molar-refractivity contribution in [3.05, 3.63) is 39.4 Å². The van der Waals surface area contributed by atoms with Crippen LogP contribution in [0.2, 0.25) is 0 Å². The Hall–Kier alpha value is -1.42. The van der Waals surface area contributed by atoms with Crippen LogP contribution < -0.4 is 5.32 Å². The lowest BCUT2D eigenvalue weighted by Gasteiger charge is -2.22. The van der Waals surface area contributed by atoms with Gasteiger partial charge in [-0.3, -0.25) is 10.1 Å². The van der Waals surface area contributed by atoms with E-state index in [9.17, 15) is 10.1 Å². The molecule has 0 atom stereocenters. The van der Waals surface area contributed by atoms with Crippen LogP contribution >= 0.6 is 0 Å². The number of nitro groups is 1. The van der Waals surface area contributed by atoms with Crippen molar-refractivity contribution >= 4 is 5.69 Å². The van der Waals surface area contributed by atoms with Crippen LogP contribution in [-0.4, -0.2) is 18.0 Å². The van der Waals surface area contributed by atoms with E-state index in [-0.39, 0.29) is 10.6 Å². The molecule has 17 heavy (non-hydrogen) atoms. The molecule has 1 fully saturated rings. The highest BCUT2D eigenvalue weighted by molar-refractivity contribution is 5.41. The molecule has 0 aliphatic carbocycles. The molecule has 4 heteroatoms. The Bertz CT molecular complexity index is 412. The van der Waals surface area contributed by atoms with E-state index >= 15 is 0 Å². The van der Waals surface area contributed by atoms with Crippen LogP contribution in [0, 0.1) is 23.0 Å². The zero-order valence-corrected chi connectivity index (χ0v) is 10.1. The summed E-state index contributed by atoms with van der Waals surface area (Å²) in [5, 5.41) is 14.1. The Morgan fingerprint density at radius 1 is 1.41 bits per heavy atom. The average molecular weight is 234 g/mol. The maximum atomic E-state index is 10.7. The van der Waals surface area contributed by atoms with Crippen molar-refractivity contribution < 1.29 is 4.92 Å². The van der Waals surface area contributed by atoms with Gasteiger partial charge in [0.1, 0.15) is 0 Å². The first-order valence-electron chi connectivity index (χ1n) is 6.11. The van der Waals surface area contributed by atoms with E-state index < -0.39 is 0 Å². The van der Waals surface area contributed by atoms with Crippen molar-refractivity contribution in [2.45, 2.75) is 26.2 Å². The Morgan fingerprint density at radius 3 is 2.71 bits per heavy atom. The van der Waals surface area contributed by atoms with E-state index in [0.717, 1.165) is 31.0 Å². The number of benzene rings is 1. The van der Waals surface area contributed by atoms with E-state index in [1.54, 1.807) is 6.07 Å². The first-order valence-corrected chi connectivity index (χ1v) is 6.11. The molecule has 0 aromatic heterocycles. The van der Waals surface area contributed by atoms with Crippen LogP contribution in [0.1, 0.15) is 24.0 Å². The molecule has 1 saturated heterocycles. The van der Waals surface area contributed by atoms with Crippen molar-refractivity contribution in [2.75, 3.05) is 13.1 Å². The van der Waals surface area contributed by atoms with Crippen molar-refractivity contribution in [1.82, 2.24) is 5.32 Å². The normalized spacial score (nSPS) is 17.0. The highest BCUT2D eigenvalue weighted by Gasteiger charge is 2.15. The fourth-order valence-corrected chi connectivity index (χ4v) is 2.47. The molecule has 0 radical (unpaired) electrons. The minimum Gasteiger partial charge on any atom is -0.317 e. The molecular weight excluding hydrogens is 216 g/mol. The quantitative estimate of drug-likeness (QED) is 0.645. The zero-order chi connectivity index (χ0) is 12.3. The van der Waals surface area contributed by atoms with Crippen molar-refractivity contribution in [1.29, 1.82) is 0 Å². The zero-order valence-electron chi connectivity index (χ0n) is 10.1. The smallest absolute Gasteiger partial charge is 0.272 e. The lowest BCUT2D eigenvalue weighted by molar-refractivity contribution is -0.385. The number of hydrogen-bond acceptors (Lipinski definition) is 3. The fraction of sp³-hybridized carbons (Fsp3) is 0.538. The molecule has 1 aromatic rings. The molecule has 1 aromatic carbocycles. The van der Waals surface area contributed by atoms with Gasteiger partial charge in [-0.2, -0.15) is 0 Å². The van der Waals surface area contributed by atoms with Gasteiger partial charge in [-0.05, 0) is 56.8 Å². The van der Waals surface area contributed by atoms with E-state index in [1.165, 1.54) is 18.4 Å². The van der Waals surface area contributed by atoms with Gasteiger partial charge in [0.2, 0.25) is 0 Å². The van der Waals surface area contributed by atoms with E-state index in [0.29, 0.717) is 0 Å². The van der Waals surface area contributed by atoms with Crippen LogP contribution in [0.3, 0.4) is 0 Å². The van der Waals surface area contributed by atoms with Crippen LogP contribution in [0.15, 0.2) is 18.2 Å². The number of nitrogens with zero attached hydrogens (tertiary/aromatic N) is 1. The summed E-state index contributed by atoms with van der Waals surface area (Å²) in [6.45, 7) is 4.00. The van der Waals surface area contributed by atoms with Crippen LogP contribution in [-0.2, 0) is 6.42 Å². The highest BCUT2D eigenvalue weighted by Crippen LogP contribution is 2.23. The largest absolute Gasteiger partial charge is 0.317 e. The van der Waals surface area contributed by atoms with E-state index in [4.69, 9.17) is 0 Å². The number of hydrogen-bond donors (Lipinski definition) is 1. The van der Waals surface area contributed by atoms with E-state index in [1.807, 2.05) is 19.1 Å². The Balaban J connectivity index is 2.06. The van der Waals surface area contributed by atoms with Gasteiger partial charge < -0.3 is 5.32 Å². The second-order valence-electron chi connectivity index (χ2n) is 4.78. The van der Waals surface area contributed by atoms with Crippen LogP contribution in [0.4, 0.5) is 5.69 Å². The highest BCUT2D eigenvalue weighted by atomic mass is 16.6. The lowest BCUT2D eigenvalue weighted by Crippen LogP contribution is -2.28. The Morgan fingerprint density at radius 2 is 2.12 bits per heavy atom. The summed E-state index contributed by atoms with van der Waals surface area (Å²) in [7, 11) is 0. The van der Waals surface area contributed by atoms with Gasteiger partial charge in [0, 0.05) is 11.6 Å². The predicted octanol–water partition coefficient (Wildman–Crippen LogP) is 2.45. The monoisotopic (exact) mass is 234 g/mol. The minimum atomic E-state index is -0.316. The Kier molecular flexibility index (Phi) is 3.74. The number of piperidine rings is 1. The number of nitrogens with one attached hydrogen (secondary N) is 1. The average Bonchev–Trinajstić information content (AvgIpc) is 2.30. The number of rotatable bonds is 3. The molecule has 92 valence electrons. The minimum absolute atomic E-state index is 0.221. The van der Waals surface area contributed by atoms with Gasteiger partial charge >= 0.3 is 0 Å². The summed E-state index contributed by atoms with van der Waals surface area (Å²) in [6, 6.07) is 5.49. The maximum Gasteiger partial charge on any atom is 0.272 e. The maximum absolute atomic E-state index is 10.7. The SMILES string of the molecule is Cc1cc(CC2CCNCC2)ccc1[N+](=O)[O-]. The lowest BCUT2D eigenvalue weighted by atomic mass is 9.90. The molecule has 4 nitrogen and oxygen atoms in total. The second kappa shape index (κ2) is 5.27. The molecule has 1 N–H and O–H groups in total. The summed E-state index contributed by atoms with van der Waals surface area (Å²) in [4.78, 5) is 10.4. The van der Waals surface area contributed by atoms with Crippen molar-refractivity contribution in [2.24, 2.45) is 5.92 Å². The van der Waals surface area contributed by atoms with Gasteiger partial charge in [-0.25, -0.2) is 0 Å². The van der Waals surface area contributed by atoms with Crippen LogP contribution in [0.25, 0.3) is 0 Å². The molecule has 0 saturated carbocycles. The van der Waals surface area contributed by atoms with Crippen LogP contribution in [0.5, 0.6) is 0 Å². The third-order valence-corrected chi connectivity index (χ3v) is 3.44. The molecular formula is C13H18N2O2. The first kappa shape index (κ1) is 12.0. The predicted molar refractivity (Wildman–Crippen MR) is 67.1 cm³/mol. The third-order valence-electron chi connectivity index (χ3n) is 3.44. The summed E-state index contributed by atoms with van der Waals surface area (Å²) in [5.74, 6) is 0.720. The van der Waals surface area contributed by atoms with E-state index in [2.05, 4.69) is 5.32 Å². The molecule has 2 rings (SSSR count). The standard InChI is InChI=1S/C13H18N2O2/c1-10-8-12(2-3-13(10)15(16)17)9-11-4-6-14-7-5-11/h2-3,8,11,14H,4-7,9H2,1H3. The molecule has 1 aliphatic rings. The topological polar surface area (TPSA) is 55.2 Å². The number of aryl methyl sites for hydroxylation is 1. The summed E-state index contributed by atoms with van der Waals surface area (Å²) >= 11 is 0. The van der Waals surface area contributed by atoms with Gasteiger partial charge in [0.05, 0.1) is 4.92 Å². The van der Waals surface area contributed by atoms with Gasteiger partial charge in [-0.15, -0.1) is 0 Å². The van der Waals surface area contributed by atoms with Gasteiger partial charge in [0.15, 0.2) is 0 Å². The second-order valence-corrected chi connectivity index (χ2v) is 4.78. The van der Waals surface area contributed by atoms with Crippen molar-refractivity contribution in [3.63, 3.8) is 0 Å². The summed E-state index contributed by atoms with van der Waals surface area (Å²) in [5.41, 5.74) is 2.21. The number of nitro benzene ring substituents is 1. The summed E-state index contributed by atoms with van der Waals surface area (Å²) in [6.07, 6.45) is 3.45. The molecule has 1 aliphatic heterocycles. The third kappa shape index (κ3) is 3.03. The van der Waals surface area contributed by atoms with Gasteiger partial charge in [0.25, 0.3) is 5.69 Å². The molecule has 0 bridgehead atoms. The van der Waals surface area contributed by atoms with Crippen molar-refractivity contribution in [3.8, 4) is 0 Å². The van der Waals surface area contributed by atoms with Gasteiger partial charge in [-0.1, -0.05) is 6.07 Å². The summed E-state index contributed by atoms with van der Waals surface area (Å²) < 4.78 is 0. The fourth-order valence-electron chi connectivity index (χ4n) is 2.47. The molecule has 0 amide bonds. The molecule has 0 spiro atoms. The molecule has 1 heterocycles. The molecule has 0 unspecified atom stereocenters.